The Kier molecular flexibility index (Phi) is 2.60. The van der Waals surface area contributed by atoms with E-state index in [0.717, 1.165) is 48.8 Å². The van der Waals surface area contributed by atoms with Crippen LogP contribution in [0.25, 0.3) is 10.9 Å². The second-order valence-corrected chi connectivity index (χ2v) is 4.09. The third-order valence-corrected chi connectivity index (χ3v) is 2.90. The van der Waals surface area contributed by atoms with E-state index in [-0.39, 0.29) is 0 Å². The monoisotopic (exact) mass is 230 g/mol. The zero-order valence-corrected chi connectivity index (χ0v) is 9.76. The van der Waals surface area contributed by atoms with E-state index >= 15 is 0 Å². The van der Waals surface area contributed by atoms with E-state index in [1.165, 1.54) is 0 Å². The lowest BCUT2D eigenvalue weighted by atomic mass is 10.2. The number of nitrogens with zero attached hydrogens (tertiary/aromatic N) is 4. The van der Waals surface area contributed by atoms with Gasteiger partial charge in [-0.25, -0.2) is 9.97 Å². The van der Waals surface area contributed by atoms with Crippen LogP contribution in [-0.2, 0) is 4.74 Å². The van der Waals surface area contributed by atoms with Gasteiger partial charge in [0.05, 0.1) is 24.9 Å². The Balaban J connectivity index is 2.13. The highest BCUT2D eigenvalue weighted by Gasteiger charge is 2.16. The molecule has 0 radical (unpaired) electrons. The molecule has 0 spiro atoms. The maximum Gasteiger partial charge on any atom is 0.140 e. The van der Waals surface area contributed by atoms with E-state index in [0.29, 0.717) is 0 Å². The number of ether oxygens (including phenoxy) is 1. The predicted molar refractivity (Wildman–Crippen MR) is 65.1 cm³/mol. The van der Waals surface area contributed by atoms with Gasteiger partial charge in [0, 0.05) is 24.7 Å². The Bertz CT molecular complexity index is 537. The summed E-state index contributed by atoms with van der Waals surface area (Å²) in [6, 6.07) is 1.97. The fourth-order valence-electron chi connectivity index (χ4n) is 2.09. The third kappa shape index (κ3) is 1.93. The van der Waals surface area contributed by atoms with Gasteiger partial charge in [0.25, 0.3) is 0 Å². The van der Waals surface area contributed by atoms with E-state index in [2.05, 4.69) is 19.9 Å². The Hall–Kier alpha value is -1.75. The Labute approximate surface area is 99.5 Å². The zero-order valence-electron chi connectivity index (χ0n) is 9.76. The predicted octanol–water partition coefficient (Wildman–Crippen LogP) is 1.17. The van der Waals surface area contributed by atoms with Crippen LogP contribution in [0.4, 0.5) is 5.82 Å². The normalized spacial score (nSPS) is 16.4. The smallest absolute Gasteiger partial charge is 0.140 e. The van der Waals surface area contributed by atoms with E-state index in [1.54, 1.807) is 12.4 Å². The summed E-state index contributed by atoms with van der Waals surface area (Å²) in [5.74, 6) is 1.78. The van der Waals surface area contributed by atoms with Crippen LogP contribution in [0.15, 0.2) is 18.5 Å². The minimum Gasteiger partial charge on any atom is -0.378 e. The van der Waals surface area contributed by atoms with Gasteiger partial charge >= 0.3 is 0 Å². The Morgan fingerprint density at radius 2 is 2.06 bits per heavy atom. The number of aromatic nitrogens is 3. The maximum atomic E-state index is 5.37. The van der Waals surface area contributed by atoms with Crippen molar-refractivity contribution in [2.45, 2.75) is 6.92 Å². The molecule has 3 rings (SSSR count). The topological polar surface area (TPSA) is 51.1 Å². The first-order valence-electron chi connectivity index (χ1n) is 5.75. The number of anilines is 1. The van der Waals surface area contributed by atoms with Gasteiger partial charge in [-0.15, -0.1) is 0 Å². The van der Waals surface area contributed by atoms with Crippen molar-refractivity contribution < 1.29 is 4.74 Å². The fraction of sp³-hybridized carbons (Fsp3) is 0.417. The largest absolute Gasteiger partial charge is 0.378 e. The van der Waals surface area contributed by atoms with Crippen molar-refractivity contribution in [1.82, 2.24) is 15.0 Å². The third-order valence-electron chi connectivity index (χ3n) is 2.90. The summed E-state index contributed by atoms with van der Waals surface area (Å²) >= 11 is 0. The molecule has 17 heavy (non-hydrogen) atoms. The van der Waals surface area contributed by atoms with Crippen LogP contribution in [-0.4, -0.2) is 41.3 Å². The highest BCUT2D eigenvalue weighted by atomic mass is 16.5. The Morgan fingerprint density at radius 3 is 2.88 bits per heavy atom. The number of pyridine rings is 1. The molecule has 1 saturated heterocycles. The van der Waals surface area contributed by atoms with Gasteiger partial charge in [-0.3, -0.25) is 4.98 Å². The standard InChI is InChI=1S/C12H14N4O/c1-9-14-11-8-13-3-2-10(11)12(15-9)16-4-6-17-7-5-16/h2-3,8H,4-7H2,1H3. The number of hydrogen-bond acceptors (Lipinski definition) is 5. The molecule has 88 valence electrons. The van der Waals surface area contributed by atoms with Gasteiger partial charge in [-0.1, -0.05) is 0 Å². The van der Waals surface area contributed by atoms with Crippen LogP contribution in [0.2, 0.25) is 0 Å². The number of rotatable bonds is 1. The summed E-state index contributed by atoms with van der Waals surface area (Å²) in [5.41, 5.74) is 0.904. The molecule has 0 amide bonds. The molecule has 5 heteroatoms. The second kappa shape index (κ2) is 4.25. The molecule has 5 nitrogen and oxygen atoms in total. The highest BCUT2D eigenvalue weighted by Crippen LogP contribution is 2.23. The average molecular weight is 230 g/mol. The summed E-state index contributed by atoms with van der Waals surface area (Å²) < 4.78 is 5.37. The molecule has 1 fully saturated rings. The van der Waals surface area contributed by atoms with Gasteiger partial charge in [0.15, 0.2) is 0 Å². The van der Waals surface area contributed by atoms with E-state index in [1.807, 2.05) is 13.0 Å². The highest BCUT2D eigenvalue weighted by molar-refractivity contribution is 5.88. The van der Waals surface area contributed by atoms with Crippen LogP contribution in [0.1, 0.15) is 5.82 Å². The molecule has 2 aromatic rings. The lowest BCUT2D eigenvalue weighted by Gasteiger charge is -2.28. The first-order chi connectivity index (χ1) is 8.34. The fourth-order valence-corrected chi connectivity index (χ4v) is 2.09. The molecule has 3 heterocycles. The lowest BCUT2D eigenvalue weighted by molar-refractivity contribution is 0.122. The van der Waals surface area contributed by atoms with Crippen molar-refractivity contribution >= 4 is 16.7 Å². The number of morpholine rings is 1. The minimum atomic E-state index is 0.760. The summed E-state index contributed by atoms with van der Waals surface area (Å²) in [5, 5.41) is 1.06. The molecular formula is C12H14N4O. The Morgan fingerprint density at radius 1 is 1.24 bits per heavy atom. The van der Waals surface area contributed by atoms with Gasteiger partial charge in [-0.2, -0.15) is 0 Å². The van der Waals surface area contributed by atoms with Crippen molar-refractivity contribution in [3.05, 3.63) is 24.3 Å². The molecule has 0 saturated carbocycles. The molecule has 0 N–H and O–H groups in total. The van der Waals surface area contributed by atoms with Crippen molar-refractivity contribution in [1.29, 1.82) is 0 Å². The quantitative estimate of drug-likeness (QED) is 0.736. The van der Waals surface area contributed by atoms with Crippen molar-refractivity contribution in [2.75, 3.05) is 31.2 Å². The molecule has 0 aliphatic carbocycles. The average Bonchev–Trinajstić information content (AvgIpc) is 2.39. The molecule has 1 aliphatic rings. The molecule has 2 aromatic heterocycles. The molecular weight excluding hydrogens is 216 g/mol. The first-order valence-corrected chi connectivity index (χ1v) is 5.75. The van der Waals surface area contributed by atoms with Crippen LogP contribution < -0.4 is 4.90 Å². The number of fused-ring (bicyclic) bond motifs is 1. The molecule has 1 aliphatic heterocycles. The van der Waals surface area contributed by atoms with Gasteiger partial charge in [-0.05, 0) is 13.0 Å². The second-order valence-electron chi connectivity index (χ2n) is 4.09. The van der Waals surface area contributed by atoms with E-state index in [9.17, 15) is 0 Å². The minimum absolute atomic E-state index is 0.760. The summed E-state index contributed by atoms with van der Waals surface area (Å²) in [7, 11) is 0. The van der Waals surface area contributed by atoms with Crippen molar-refractivity contribution in [3.8, 4) is 0 Å². The molecule has 0 atom stereocenters. The van der Waals surface area contributed by atoms with Gasteiger partial charge in [0.2, 0.25) is 0 Å². The lowest BCUT2D eigenvalue weighted by Crippen LogP contribution is -2.37. The molecule has 0 bridgehead atoms. The summed E-state index contributed by atoms with van der Waals surface area (Å²) in [6.07, 6.45) is 3.57. The summed E-state index contributed by atoms with van der Waals surface area (Å²) in [6.45, 7) is 5.20. The van der Waals surface area contributed by atoms with Crippen molar-refractivity contribution in [2.24, 2.45) is 0 Å². The maximum absolute atomic E-state index is 5.37. The number of aryl methyl sites for hydroxylation is 1. The van der Waals surface area contributed by atoms with Crippen LogP contribution >= 0.6 is 0 Å². The van der Waals surface area contributed by atoms with E-state index < -0.39 is 0 Å². The van der Waals surface area contributed by atoms with Crippen LogP contribution in [0.5, 0.6) is 0 Å². The molecule has 0 aromatic carbocycles. The first kappa shape index (κ1) is 10.4. The zero-order chi connectivity index (χ0) is 11.7. The van der Waals surface area contributed by atoms with Crippen molar-refractivity contribution in [3.63, 3.8) is 0 Å². The molecule has 0 unspecified atom stereocenters. The van der Waals surface area contributed by atoms with Crippen LogP contribution in [0.3, 0.4) is 0 Å². The number of hydrogen-bond donors (Lipinski definition) is 0. The summed E-state index contributed by atoms with van der Waals surface area (Å²) in [4.78, 5) is 15.3. The van der Waals surface area contributed by atoms with E-state index in [4.69, 9.17) is 4.74 Å². The van der Waals surface area contributed by atoms with Gasteiger partial charge in [0.1, 0.15) is 11.6 Å². The van der Waals surface area contributed by atoms with Crippen LogP contribution in [0, 0.1) is 6.92 Å². The van der Waals surface area contributed by atoms with Gasteiger partial charge < -0.3 is 9.64 Å². The SMILES string of the molecule is Cc1nc(N2CCOCC2)c2ccncc2n1.